The smallest absolute Gasteiger partial charge is 0.0702 e. The van der Waals surface area contributed by atoms with Crippen LogP contribution >= 0.6 is 22.9 Å². The van der Waals surface area contributed by atoms with Crippen molar-refractivity contribution in [2.75, 3.05) is 12.4 Å². The van der Waals surface area contributed by atoms with Crippen LogP contribution in [0.25, 0.3) is 10.9 Å². The van der Waals surface area contributed by atoms with Crippen LogP contribution < -0.4 is 0 Å². The minimum absolute atomic E-state index is 0.253. The summed E-state index contributed by atoms with van der Waals surface area (Å²) in [5.74, 6) is 1.41. The van der Waals surface area contributed by atoms with Crippen LogP contribution in [0.5, 0.6) is 0 Å². The maximum absolute atomic E-state index is 5.97. The third-order valence-electron chi connectivity index (χ3n) is 6.29. The Kier molecular flexibility index (Phi) is 2.71. The maximum atomic E-state index is 5.97. The molecular formula is C20H19ClN2S. The molecule has 24 heavy (non-hydrogen) atoms. The summed E-state index contributed by atoms with van der Waals surface area (Å²) in [6.07, 6.45) is 3.46. The minimum Gasteiger partial charge on any atom is -0.357 e. The van der Waals surface area contributed by atoms with Crippen LogP contribution in [-0.4, -0.2) is 22.3 Å². The second-order valence-electron chi connectivity index (χ2n) is 7.42. The molecule has 3 aliphatic rings. The standard InChI is InChI=1S/C20H19ClN2S/c21-7-5-13-9-12-11-23-8-6-15-14-3-1-2-4-17(14)22-19(15)20(23)10-16(20)18(12)24-13/h1-4,9,16,22H,5-8,10-11H2/t16-,20?/m1/s1. The fourth-order valence-corrected chi connectivity index (χ4v) is 6.86. The summed E-state index contributed by atoms with van der Waals surface area (Å²) in [4.78, 5) is 9.65. The zero-order valence-corrected chi connectivity index (χ0v) is 15.0. The molecule has 0 bridgehead atoms. The molecule has 1 aromatic carbocycles. The first-order valence-corrected chi connectivity index (χ1v) is 10.2. The van der Waals surface area contributed by atoms with Crippen molar-refractivity contribution in [3.8, 4) is 0 Å². The van der Waals surface area contributed by atoms with E-state index < -0.39 is 0 Å². The molecule has 2 aromatic heterocycles. The lowest BCUT2D eigenvalue weighted by molar-refractivity contribution is 0.137. The predicted molar refractivity (Wildman–Crippen MR) is 100 cm³/mol. The Morgan fingerprint density at radius 3 is 3.17 bits per heavy atom. The van der Waals surface area contributed by atoms with Crippen LogP contribution in [0.3, 0.4) is 0 Å². The molecule has 1 saturated carbocycles. The van der Waals surface area contributed by atoms with Crippen LogP contribution in [0.4, 0.5) is 0 Å². The minimum atomic E-state index is 0.253. The number of rotatable bonds is 2. The summed E-state index contributed by atoms with van der Waals surface area (Å²) in [7, 11) is 0. The van der Waals surface area contributed by atoms with Crippen LogP contribution in [0.1, 0.15) is 38.9 Å². The normalized spacial score (nSPS) is 27.5. The summed E-state index contributed by atoms with van der Waals surface area (Å²) in [6.45, 7) is 2.30. The average Bonchev–Trinajstić information content (AvgIpc) is 3.02. The molecule has 0 amide bonds. The Morgan fingerprint density at radius 2 is 2.25 bits per heavy atom. The van der Waals surface area contributed by atoms with Crippen LogP contribution in [0, 0.1) is 0 Å². The highest BCUT2D eigenvalue weighted by molar-refractivity contribution is 7.12. The third kappa shape index (κ3) is 1.61. The maximum Gasteiger partial charge on any atom is 0.0702 e. The Hall–Kier alpha value is -1.29. The van der Waals surface area contributed by atoms with Gasteiger partial charge in [-0.1, -0.05) is 18.2 Å². The number of fused-ring (bicyclic) bond motifs is 5. The number of benzene rings is 1. The highest BCUT2D eigenvalue weighted by atomic mass is 35.5. The van der Waals surface area contributed by atoms with E-state index in [1.165, 1.54) is 40.9 Å². The molecule has 4 heterocycles. The lowest BCUT2D eigenvalue weighted by atomic mass is 9.90. The van der Waals surface area contributed by atoms with Crippen molar-refractivity contribution >= 4 is 33.8 Å². The van der Waals surface area contributed by atoms with Gasteiger partial charge in [-0.15, -0.1) is 22.9 Å². The number of aromatic amines is 1. The van der Waals surface area contributed by atoms with Crippen LogP contribution in [0.2, 0.25) is 0 Å². The summed E-state index contributed by atoms with van der Waals surface area (Å²) in [6, 6.07) is 11.2. The van der Waals surface area contributed by atoms with E-state index in [9.17, 15) is 0 Å². The molecule has 1 N–H and O–H groups in total. The monoisotopic (exact) mass is 354 g/mol. The van der Waals surface area contributed by atoms with E-state index >= 15 is 0 Å². The third-order valence-corrected chi connectivity index (χ3v) is 7.83. The van der Waals surface area contributed by atoms with Crippen LogP contribution in [-0.2, 0) is 24.9 Å². The summed E-state index contributed by atoms with van der Waals surface area (Å²) in [5, 5.41) is 1.44. The van der Waals surface area contributed by atoms with Crippen molar-refractivity contribution < 1.29 is 0 Å². The molecule has 1 fully saturated rings. The lowest BCUT2D eigenvalue weighted by Crippen LogP contribution is -2.43. The fourth-order valence-electron chi connectivity index (χ4n) is 5.18. The number of hydrogen-bond donors (Lipinski definition) is 1. The predicted octanol–water partition coefficient (Wildman–Crippen LogP) is 4.77. The van der Waals surface area contributed by atoms with Gasteiger partial charge in [-0.05, 0) is 42.5 Å². The van der Waals surface area contributed by atoms with Gasteiger partial charge in [0.05, 0.1) is 5.54 Å². The molecule has 6 rings (SSSR count). The van der Waals surface area contributed by atoms with Crippen molar-refractivity contribution in [1.29, 1.82) is 0 Å². The molecule has 0 saturated heterocycles. The number of aromatic nitrogens is 1. The number of para-hydroxylation sites is 1. The van der Waals surface area contributed by atoms with Crippen molar-refractivity contribution in [2.24, 2.45) is 0 Å². The van der Waals surface area contributed by atoms with E-state index in [1.807, 2.05) is 11.3 Å². The largest absolute Gasteiger partial charge is 0.357 e. The zero-order chi connectivity index (χ0) is 15.9. The quantitative estimate of drug-likeness (QED) is 0.657. The average molecular weight is 355 g/mol. The molecule has 4 heteroatoms. The molecule has 2 nitrogen and oxygen atoms in total. The first kappa shape index (κ1) is 13.9. The molecule has 2 aliphatic heterocycles. The molecule has 1 aliphatic carbocycles. The van der Waals surface area contributed by atoms with Gasteiger partial charge in [0.1, 0.15) is 0 Å². The topological polar surface area (TPSA) is 19.0 Å². The summed E-state index contributed by atoms with van der Waals surface area (Å²) in [5.41, 5.74) is 6.22. The van der Waals surface area contributed by atoms with Crippen molar-refractivity contribution in [3.05, 3.63) is 56.9 Å². The Balaban J connectivity index is 1.51. The molecule has 0 radical (unpaired) electrons. The van der Waals surface area contributed by atoms with E-state index in [1.54, 1.807) is 16.0 Å². The van der Waals surface area contributed by atoms with Gasteiger partial charge in [0.15, 0.2) is 0 Å². The van der Waals surface area contributed by atoms with Crippen molar-refractivity contribution in [2.45, 2.75) is 37.3 Å². The van der Waals surface area contributed by atoms with Crippen LogP contribution in [0.15, 0.2) is 30.3 Å². The van der Waals surface area contributed by atoms with Gasteiger partial charge in [0.2, 0.25) is 0 Å². The number of H-pyrrole nitrogens is 1. The van der Waals surface area contributed by atoms with Gasteiger partial charge in [-0.25, -0.2) is 0 Å². The second-order valence-corrected chi connectivity index (χ2v) is 8.96. The van der Waals surface area contributed by atoms with Gasteiger partial charge in [-0.3, -0.25) is 4.90 Å². The number of alkyl halides is 1. The van der Waals surface area contributed by atoms with Crippen molar-refractivity contribution in [1.82, 2.24) is 9.88 Å². The van der Waals surface area contributed by atoms with Crippen molar-refractivity contribution in [3.63, 3.8) is 0 Å². The number of nitrogens with zero attached hydrogens (tertiary/aromatic N) is 1. The number of hydrogen-bond acceptors (Lipinski definition) is 2. The van der Waals surface area contributed by atoms with E-state index in [4.69, 9.17) is 11.6 Å². The van der Waals surface area contributed by atoms with E-state index in [-0.39, 0.29) is 5.54 Å². The number of thiophene rings is 1. The Morgan fingerprint density at radius 1 is 1.33 bits per heavy atom. The summed E-state index contributed by atoms with van der Waals surface area (Å²) < 4.78 is 0. The number of nitrogens with one attached hydrogen (secondary N) is 1. The summed E-state index contributed by atoms with van der Waals surface area (Å²) >= 11 is 7.99. The van der Waals surface area contributed by atoms with E-state index in [0.717, 1.165) is 18.8 Å². The van der Waals surface area contributed by atoms with Gasteiger partial charge >= 0.3 is 0 Å². The van der Waals surface area contributed by atoms with E-state index in [2.05, 4.69) is 40.2 Å². The second kappa shape index (κ2) is 4.66. The molecule has 2 atom stereocenters. The Labute approximate surface area is 150 Å². The van der Waals surface area contributed by atoms with Gasteiger partial charge in [0, 0.05) is 51.2 Å². The molecular weight excluding hydrogens is 336 g/mol. The van der Waals surface area contributed by atoms with Gasteiger partial charge in [0.25, 0.3) is 0 Å². The fraction of sp³-hybridized carbons (Fsp3) is 0.400. The highest BCUT2D eigenvalue weighted by Gasteiger charge is 2.65. The Bertz CT molecular complexity index is 971. The highest BCUT2D eigenvalue weighted by Crippen LogP contribution is 2.68. The number of halogens is 1. The van der Waals surface area contributed by atoms with E-state index in [0.29, 0.717) is 5.92 Å². The number of aryl methyl sites for hydroxylation is 1. The lowest BCUT2D eigenvalue weighted by Gasteiger charge is -2.40. The van der Waals surface area contributed by atoms with Gasteiger partial charge in [-0.2, -0.15) is 0 Å². The zero-order valence-electron chi connectivity index (χ0n) is 13.4. The molecule has 1 unspecified atom stereocenters. The van der Waals surface area contributed by atoms with Gasteiger partial charge < -0.3 is 4.98 Å². The first-order chi connectivity index (χ1) is 11.8. The SMILES string of the molecule is ClCCc1cc2c(s1)[C@H]1CC13c1[nH]c4ccccc4c1CCN3C2. The molecule has 1 spiro atoms. The first-order valence-electron chi connectivity index (χ1n) is 8.84. The molecule has 3 aromatic rings. The molecule has 122 valence electrons.